The van der Waals surface area contributed by atoms with E-state index in [0.717, 1.165) is 18.4 Å². The Morgan fingerprint density at radius 2 is 1.78 bits per heavy atom. The molecule has 1 N–H and O–H groups in total. The summed E-state index contributed by atoms with van der Waals surface area (Å²) in [5.74, 6) is 1.91. The molecule has 2 saturated heterocycles. The van der Waals surface area contributed by atoms with E-state index >= 15 is 0 Å². The average Bonchev–Trinajstić information content (AvgIpc) is 2.63. The summed E-state index contributed by atoms with van der Waals surface area (Å²) < 4.78 is 0. The molecule has 2 unspecified atom stereocenters. The van der Waals surface area contributed by atoms with Crippen molar-refractivity contribution in [3.8, 4) is 0 Å². The van der Waals surface area contributed by atoms with E-state index in [9.17, 15) is 0 Å². The lowest BCUT2D eigenvalue weighted by molar-refractivity contribution is 0.247. The van der Waals surface area contributed by atoms with Gasteiger partial charge < -0.3 is 5.32 Å². The Hall–Kier alpha value is -0.860. The summed E-state index contributed by atoms with van der Waals surface area (Å²) in [7, 11) is 0. The van der Waals surface area contributed by atoms with Crippen LogP contribution < -0.4 is 5.32 Å². The molecule has 2 fully saturated rings. The predicted octanol–water partition coefficient (Wildman–Crippen LogP) is 2.51. The van der Waals surface area contributed by atoms with Gasteiger partial charge in [-0.05, 0) is 62.8 Å². The molecule has 2 aliphatic rings. The molecule has 0 bridgehead atoms. The van der Waals surface area contributed by atoms with Crippen molar-refractivity contribution >= 4 is 0 Å². The Morgan fingerprint density at radius 1 is 1.00 bits per heavy atom. The molecule has 0 amide bonds. The fraction of sp³-hybridized carbons (Fsp3) is 0.625. The molecule has 0 saturated carbocycles. The number of piperidine rings is 1. The molecule has 2 atom stereocenters. The zero-order chi connectivity index (χ0) is 12.2. The van der Waals surface area contributed by atoms with Crippen molar-refractivity contribution in [1.82, 2.24) is 10.2 Å². The summed E-state index contributed by atoms with van der Waals surface area (Å²) in [6.45, 7) is 6.19. The Labute approximate surface area is 110 Å². The number of likely N-dealkylation sites (tertiary alicyclic amines) is 1. The van der Waals surface area contributed by atoms with E-state index in [4.69, 9.17) is 0 Å². The topological polar surface area (TPSA) is 15.3 Å². The van der Waals surface area contributed by atoms with Crippen molar-refractivity contribution in [2.75, 3.05) is 26.2 Å². The van der Waals surface area contributed by atoms with Crippen LogP contribution in [0.15, 0.2) is 30.3 Å². The van der Waals surface area contributed by atoms with Crippen LogP contribution in [-0.4, -0.2) is 31.1 Å². The van der Waals surface area contributed by atoms with Gasteiger partial charge >= 0.3 is 0 Å². The van der Waals surface area contributed by atoms with Gasteiger partial charge in [0.05, 0.1) is 0 Å². The number of benzene rings is 1. The first kappa shape index (κ1) is 12.2. The van der Waals surface area contributed by atoms with E-state index in [1.54, 1.807) is 0 Å². The monoisotopic (exact) mass is 244 g/mol. The quantitative estimate of drug-likeness (QED) is 0.860. The van der Waals surface area contributed by atoms with Crippen LogP contribution in [0.4, 0.5) is 0 Å². The number of hydrogen-bond acceptors (Lipinski definition) is 2. The minimum absolute atomic E-state index is 0.930. The van der Waals surface area contributed by atoms with Crippen molar-refractivity contribution in [3.63, 3.8) is 0 Å². The minimum atomic E-state index is 0.930. The predicted molar refractivity (Wildman–Crippen MR) is 75.4 cm³/mol. The van der Waals surface area contributed by atoms with E-state index in [2.05, 4.69) is 40.5 Å². The first-order valence-corrected chi connectivity index (χ1v) is 7.39. The first-order valence-electron chi connectivity index (χ1n) is 7.39. The van der Waals surface area contributed by atoms with Crippen molar-refractivity contribution < 1.29 is 0 Å². The van der Waals surface area contributed by atoms with E-state index in [1.165, 1.54) is 51.0 Å². The Balaban J connectivity index is 1.58. The number of nitrogens with one attached hydrogen (secondary N) is 1. The zero-order valence-corrected chi connectivity index (χ0v) is 11.1. The van der Waals surface area contributed by atoms with E-state index in [1.807, 2.05) is 0 Å². The molecule has 3 rings (SSSR count). The maximum Gasteiger partial charge on any atom is 0.0233 e. The standard InChI is InChI=1S/C16H24N2/c1-2-4-14(5-3-1)13-18-10-7-15-6-9-17-12-16(15)8-11-18/h1-5,15-17H,6-13H2. The third kappa shape index (κ3) is 2.93. The van der Waals surface area contributed by atoms with Gasteiger partial charge in [0.2, 0.25) is 0 Å². The second-order valence-corrected chi connectivity index (χ2v) is 5.85. The summed E-state index contributed by atoms with van der Waals surface area (Å²) in [5.41, 5.74) is 1.46. The SMILES string of the molecule is c1ccc(CN2CCC3CCNCC3CC2)cc1. The van der Waals surface area contributed by atoms with Crippen LogP contribution in [0.5, 0.6) is 0 Å². The van der Waals surface area contributed by atoms with Gasteiger partial charge in [-0.15, -0.1) is 0 Å². The largest absolute Gasteiger partial charge is 0.316 e. The molecule has 1 aromatic rings. The van der Waals surface area contributed by atoms with Gasteiger partial charge in [-0.1, -0.05) is 30.3 Å². The fourth-order valence-corrected chi connectivity index (χ4v) is 3.50. The number of nitrogens with zero attached hydrogens (tertiary/aromatic N) is 1. The summed E-state index contributed by atoms with van der Waals surface area (Å²) in [5, 5.41) is 3.56. The molecule has 2 heterocycles. The molecule has 18 heavy (non-hydrogen) atoms. The normalized spacial score (nSPS) is 29.6. The summed E-state index contributed by atoms with van der Waals surface area (Å²) in [6, 6.07) is 10.9. The molecule has 98 valence electrons. The summed E-state index contributed by atoms with van der Waals surface area (Å²) in [4.78, 5) is 2.65. The maximum atomic E-state index is 3.56. The Bertz CT molecular complexity index is 347. The van der Waals surface area contributed by atoms with Crippen molar-refractivity contribution in [1.29, 1.82) is 0 Å². The maximum absolute atomic E-state index is 3.56. The van der Waals surface area contributed by atoms with E-state index in [-0.39, 0.29) is 0 Å². The van der Waals surface area contributed by atoms with Gasteiger partial charge in [0.25, 0.3) is 0 Å². The van der Waals surface area contributed by atoms with Crippen LogP contribution >= 0.6 is 0 Å². The minimum Gasteiger partial charge on any atom is -0.316 e. The number of fused-ring (bicyclic) bond motifs is 1. The number of rotatable bonds is 2. The lowest BCUT2D eigenvalue weighted by Crippen LogP contribution is -2.36. The molecule has 1 aromatic carbocycles. The van der Waals surface area contributed by atoms with Crippen LogP contribution in [0.3, 0.4) is 0 Å². The van der Waals surface area contributed by atoms with Crippen LogP contribution in [0.25, 0.3) is 0 Å². The molecule has 0 aliphatic carbocycles. The van der Waals surface area contributed by atoms with Crippen molar-refractivity contribution in [3.05, 3.63) is 35.9 Å². The highest BCUT2D eigenvalue weighted by Crippen LogP contribution is 2.29. The molecular weight excluding hydrogens is 220 g/mol. The number of hydrogen-bond donors (Lipinski definition) is 1. The highest BCUT2D eigenvalue weighted by Gasteiger charge is 2.28. The van der Waals surface area contributed by atoms with Crippen molar-refractivity contribution in [2.24, 2.45) is 11.8 Å². The molecule has 0 aromatic heterocycles. The van der Waals surface area contributed by atoms with Gasteiger partial charge in [0.1, 0.15) is 0 Å². The highest BCUT2D eigenvalue weighted by molar-refractivity contribution is 5.14. The molecule has 2 heteroatoms. The average molecular weight is 244 g/mol. The molecule has 0 spiro atoms. The fourth-order valence-electron chi connectivity index (χ4n) is 3.50. The van der Waals surface area contributed by atoms with Crippen LogP contribution in [-0.2, 0) is 6.54 Å². The molecule has 2 aliphatic heterocycles. The van der Waals surface area contributed by atoms with Gasteiger partial charge in [0.15, 0.2) is 0 Å². The first-order chi connectivity index (χ1) is 8.92. The third-order valence-electron chi connectivity index (χ3n) is 4.65. The van der Waals surface area contributed by atoms with Crippen LogP contribution in [0.2, 0.25) is 0 Å². The Morgan fingerprint density at radius 3 is 2.61 bits per heavy atom. The van der Waals surface area contributed by atoms with E-state index in [0.29, 0.717) is 0 Å². The van der Waals surface area contributed by atoms with Crippen LogP contribution in [0.1, 0.15) is 24.8 Å². The van der Waals surface area contributed by atoms with Gasteiger partial charge in [-0.25, -0.2) is 0 Å². The Kier molecular flexibility index (Phi) is 3.96. The lowest BCUT2D eigenvalue weighted by atomic mass is 9.83. The van der Waals surface area contributed by atoms with Gasteiger partial charge in [-0.2, -0.15) is 0 Å². The molecule has 2 nitrogen and oxygen atoms in total. The van der Waals surface area contributed by atoms with E-state index < -0.39 is 0 Å². The van der Waals surface area contributed by atoms with Gasteiger partial charge in [-0.3, -0.25) is 4.90 Å². The van der Waals surface area contributed by atoms with Crippen molar-refractivity contribution in [2.45, 2.75) is 25.8 Å². The highest BCUT2D eigenvalue weighted by atomic mass is 15.1. The zero-order valence-electron chi connectivity index (χ0n) is 11.1. The second kappa shape index (κ2) is 5.85. The summed E-state index contributed by atoms with van der Waals surface area (Å²) >= 11 is 0. The molecule has 0 radical (unpaired) electrons. The second-order valence-electron chi connectivity index (χ2n) is 5.85. The smallest absolute Gasteiger partial charge is 0.0233 e. The van der Waals surface area contributed by atoms with Gasteiger partial charge in [0, 0.05) is 6.54 Å². The lowest BCUT2D eigenvalue weighted by Gasteiger charge is -2.30. The molecular formula is C16H24N2. The third-order valence-corrected chi connectivity index (χ3v) is 4.65. The summed E-state index contributed by atoms with van der Waals surface area (Å²) in [6.07, 6.45) is 4.17. The van der Waals surface area contributed by atoms with Crippen LogP contribution in [0, 0.1) is 11.8 Å².